The van der Waals surface area contributed by atoms with E-state index in [1.54, 1.807) is 22.8 Å². The molecule has 0 spiro atoms. The summed E-state index contributed by atoms with van der Waals surface area (Å²) in [5.41, 5.74) is 0.475. The number of nitrogens with zero attached hydrogens (tertiary/aromatic N) is 2. The van der Waals surface area contributed by atoms with E-state index in [2.05, 4.69) is 15.6 Å². The number of benzene rings is 1. The first kappa shape index (κ1) is 20.0. The third-order valence-corrected chi connectivity index (χ3v) is 4.36. The van der Waals surface area contributed by atoms with E-state index in [-0.39, 0.29) is 23.3 Å². The Morgan fingerprint density at radius 3 is 2.54 bits per heavy atom. The maximum Gasteiger partial charge on any atom is 0.321 e. The predicted octanol–water partition coefficient (Wildman–Crippen LogP) is 2.38. The van der Waals surface area contributed by atoms with Crippen LogP contribution in [0.25, 0.3) is 10.9 Å². The molecule has 0 bridgehead atoms. The fraction of sp³-hybridized carbons (Fsp3) is 0.444. The Labute approximate surface area is 156 Å². The highest BCUT2D eigenvalue weighted by molar-refractivity contribution is 7.99. The van der Waals surface area contributed by atoms with E-state index >= 15 is 0 Å². The number of hydrogen-bond donors (Lipinski definition) is 2. The van der Waals surface area contributed by atoms with Crippen LogP contribution in [0.1, 0.15) is 27.7 Å². The number of thioether (sulfide) groups is 1. The van der Waals surface area contributed by atoms with Crippen molar-refractivity contribution in [2.45, 2.75) is 45.4 Å². The summed E-state index contributed by atoms with van der Waals surface area (Å²) in [6.45, 7) is 8.15. The number of urea groups is 1. The quantitative estimate of drug-likeness (QED) is 0.596. The molecule has 8 heteroatoms. The normalized spacial score (nSPS) is 11.2. The fourth-order valence-electron chi connectivity index (χ4n) is 2.38. The molecule has 2 rings (SSSR count). The van der Waals surface area contributed by atoms with Crippen molar-refractivity contribution in [3.05, 3.63) is 34.6 Å². The summed E-state index contributed by atoms with van der Waals surface area (Å²) in [7, 11) is 0. The maximum absolute atomic E-state index is 12.8. The zero-order valence-electron chi connectivity index (χ0n) is 15.4. The van der Waals surface area contributed by atoms with Crippen LogP contribution in [0.15, 0.2) is 34.2 Å². The van der Waals surface area contributed by atoms with Gasteiger partial charge in [-0.3, -0.25) is 19.5 Å². The van der Waals surface area contributed by atoms with E-state index in [1.807, 2.05) is 33.8 Å². The number of fused-ring (bicyclic) bond motifs is 1. The Bertz CT molecular complexity index is 861. The Hall–Kier alpha value is -2.35. The van der Waals surface area contributed by atoms with Gasteiger partial charge >= 0.3 is 6.03 Å². The molecule has 0 atom stereocenters. The number of hydrogen-bond acceptors (Lipinski definition) is 5. The molecule has 1 heterocycles. The standard InChI is InChI=1S/C18H24N4O3S/c1-11(2)9-22-16(24)13-7-5-6-8-14(13)20-18(22)26-10-15(23)21-17(25)19-12(3)4/h5-8,11-12H,9-10H2,1-4H3,(H2,19,21,23,25). The second-order valence-corrected chi connectivity index (χ2v) is 7.63. The molecule has 2 aromatic rings. The molecule has 2 N–H and O–H groups in total. The first-order chi connectivity index (χ1) is 12.3. The van der Waals surface area contributed by atoms with Gasteiger partial charge in [-0.15, -0.1) is 0 Å². The molecule has 0 aliphatic rings. The zero-order chi connectivity index (χ0) is 19.3. The van der Waals surface area contributed by atoms with E-state index in [0.29, 0.717) is 22.6 Å². The molecular weight excluding hydrogens is 352 g/mol. The number of aromatic nitrogens is 2. The minimum absolute atomic E-state index is 0.00556. The van der Waals surface area contributed by atoms with Crippen LogP contribution in [0.2, 0.25) is 0 Å². The average Bonchev–Trinajstić information content (AvgIpc) is 2.54. The van der Waals surface area contributed by atoms with E-state index in [0.717, 1.165) is 11.8 Å². The van der Waals surface area contributed by atoms with Crippen LogP contribution in [0.5, 0.6) is 0 Å². The number of amides is 3. The van der Waals surface area contributed by atoms with Crippen LogP contribution in [-0.2, 0) is 11.3 Å². The topological polar surface area (TPSA) is 93.1 Å². The summed E-state index contributed by atoms with van der Waals surface area (Å²) < 4.78 is 1.60. The summed E-state index contributed by atoms with van der Waals surface area (Å²) in [5, 5.41) is 5.89. The second kappa shape index (κ2) is 8.84. The largest absolute Gasteiger partial charge is 0.336 e. The highest BCUT2D eigenvalue weighted by Gasteiger charge is 2.15. The summed E-state index contributed by atoms with van der Waals surface area (Å²) in [6, 6.07) is 6.55. The number of carbonyl (C=O) groups excluding carboxylic acids is 2. The van der Waals surface area contributed by atoms with Gasteiger partial charge in [-0.1, -0.05) is 37.7 Å². The van der Waals surface area contributed by atoms with Gasteiger partial charge in [0.05, 0.1) is 16.7 Å². The highest BCUT2D eigenvalue weighted by atomic mass is 32.2. The molecule has 0 aliphatic carbocycles. The first-order valence-electron chi connectivity index (χ1n) is 8.50. The van der Waals surface area contributed by atoms with Crippen LogP contribution in [0.4, 0.5) is 4.79 Å². The van der Waals surface area contributed by atoms with Crippen LogP contribution >= 0.6 is 11.8 Å². The van der Waals surface area contributed by atoms with Crippen LogP contribution in [0.3, 0.4) is 0 Å². The molecule has 0 saturated carbocycles. The third kappa shape index (κ3) is 5.32. The lowest BCUT2D eigenvalue weighted by molar-refractivity contribution is -0.117. The molecule has 0 unspecified atom stereocenters. The molecule has 0 saturated heterocycles. The monoisotopic (exact) mass is 376 g/mol. The van der Waals surface area contributed by atoms with Gasteiger partial charge in [0.1, 0.15) is 0 Å². The van der Waals surface area contributed by atoms with Crippen molar-refractivity contribution in [1.29, 1.82) is 0 Å². The van der Waals surface area contributed by atoms with Gasteiger partial charge in [0.15, 0.2) is 5.16 Å². The van der Waals surface area contributed by atoms with Gasteiger partial charge in [0, 0.05) is 12.6 Å². The van der Waals surface area contributed by atoms with E-state index in [9.17, 15) is 14.4 Å². The molecule has 3 amide bonds. The van der Waals surface area contributed by atoms with Crippen molar-refractivity contribution < 1.29 is 9.59 Å². The highest BCUT2D eigenvalue weighted by Crippen LogP contribution is 2.18. The number of nitrogens with one attached hydrogen (secondary N) is 2. The summed E-state index contributed by atoms with van der Waals surface area (Å²) in [4.78, 5) is 40.9. The Balaban J connectivity index is 2.21. The number of rotatable bonds is 6. The van der Waals surface area contributed by atoms with Crippen molar-refractivity contribution in [1.82, 2.24) is 20.2 Å². The minimum atomic E-state index is -0.531. The second-order valence-electron chi connectivity index (χ2n) is 6.69. The van der Waals surface area contributed by atoms with Crippen molar-refractivity contribution in [2.24, 2.45) is 5.92 Å². The maximum atomic E-state index is 12.8. The molecule has 0 aliphatic heterocycles. The van der Waals surface area contributed by atoms with Crippen molar-refractivity contribution >= 4 is 34.6 Å². The van der Waals surface area contributed by atoms with Gasteiger partial charge in [-0.2, -0.15) is 0 Å². The van der Waals surface area contributed by atoms with Crippen molar-refractivity contribution in [3.8, 4) is 0 Å². The van der Waals surface area contributed by atoms with E-state index < -0.39 is 11.9 Å². The molecule has 0 radical (unpaired) electrons. The number of carbonyl (C=O) groups is 2. The Morgan fingerprint density at radius 1 is 1.19 bits per heavy atom. The van der Waals surface area contributed by atoms with Crippen LogP contribution in [0, 0.1) is 5.92 Å². The Morgan fingerprint density at radius 2 is 1.88 bits per heavy atom. The smallest absolute Gasteiger partial charge is 0.321 e. The van der Waals surface area contributed by atoms with Crippen LogP contribution < -0.4 is 16.2 Å². The van der Waals surface area contributed by atoms with Gasteiger partial charge in [0.25, 0.3) is 5.56 Å². The lowest BCUT2D eigenvalue weighted by Crippen LogP contribution is -2.43. The number of imide groups is 1. The van der Waals surface area contributed by atoms with Crippen LogP contribution in [-0.4, -0.2) is 33.3 Å². The summed E-state index contributed by atoms with van der Waals surface area (Å²) in [5.74, 6) is -0.193. The molecule has 1 aromatic heterocycles. The lowest BCUT2D eigenvalue weighted by atomic mass is 10.2. The van der Waals surface area contributed by atoms with Gasteiger partial charge in [-0.05, 0) is 31.9 Å². The molecular formula is C18H24N4O3S. The fourth-order valence-corrected chi connectivity index (χ4v) is 3.18. The lowest BCUT2D eigenvalue weighted by Gasteiger charge is -2.15. The molecule has 0 fully saturated rings. The Kier molecular flexibility index (Phi) is 6.79. The number of para-hydroxylation sites is 1. The van der Waals surface area contributed by atoms with Gasteiger partial charge < -0.3 is 5.32 Å². The SMILES string of the molecule is CC(C)Cn1c(SCC(=O)NC(=O)NC(C)C)nc2ccccc2c1=O. The summed E-state index contributed by atoms with van der Waals surface area (Å²) >= 11 is 1.15. The van der Waals surface area contributed by atoms with Gasteiger partial charge in [-0.25, -0.2) is 9.78 Å². The van der Waals surface area contributed by atoms with Gasteiger partial charge in [0.2, 0.25) is 5.91 Å². The first-order valence-corrected chi connectivity index (χ1v) is 9.49. The minimum Gasteiger partial charge on any atom is -0.336 e. The summed E-state index contributed by atoms with van der Waals surface area (Å²) in [6.07, 6.45) is 0. The molecule has 26 heavy (non-hydrogen) atoms. The average molecular weight is 376 g/mol. The molecule has 1 aromatic carbocycles. The predicted molar refractivity (Wildman–Crippen MR) is 103 cm³/mol. The van der Waals surface area contributed by atoms with E-state index in [4.69, 9.17) is 0 Å². The third-order valence-electron chi connectivity index (χ3n) is 3.38. The molecule has 7 nitrogen and oxygen atoms in total. The zero-order valence-corrected chi connectivity index (χ0v) is 16.2. The van der Waals surface area contributed by atoms with Crippen molar-refractivity contribution in [2.75, 3.05) is 5.75 Å². The molecule has 140 valence electrons. The van der Waals surface area contributed by atoms with E-state index in [1.165, 1.54) is 0 Å². The van der Waals surface area contributed by atoms with Crippen molar-refractivity contribution in [3.63, 3.8) is 0 Å².